The molecule has 0 radical (unpaired) electrons. The van der Waals surface area contributed by atoms with Crippen LogP contribution >= 0.6 is 0 Å². The minimum Gasteiger partial charge on any atom is -0.347 e. The molecule has 8 nitrogen and oxygen atoms in total. The van der Waals surface area contributed by atoms with E-state index in [9.17, 15) is 40.3 Å². The lowest BCUT2D eigenvalue weighted by molar-refractivity contribution is -0.138. The highest BCUT2D eigenvalue weighted by molar-refractivity contribution is 6.37. The van der Waals surface area contributed by atoms with Crippen molar-refractivity contribution >= 4 is 17.6 Å². The van der Waals surface area contributed by atoms with E-state index < -0.39 is 60.0 Å². The van der Waals surface area contributed by atoms with Gasteiger partial charge in [0.05, 0.1) is 11.1 Å². The molecule has 2 fully saturated rings. The monoisotopic (exact) mass is 525 g/mol. The van der Waals surface area contributed by atoms with E-state index in [4.69, 9.17) is 4.74 Å². The summed E-state index contributed by atoms with van der Waals surface area (Å²) in [5.74, 6) is -2.59. The van der Waals surface area contributed by atoms with E-state index in [0.717, 1.165) is 4.90 Å². The zero-order chi connectivity index (χ0) is 26.4. The SMILES string of the molecule is CN1C(=O)C(N2CCN(C(=O)c3cc(F)ccc3C(F)(F)F)CC2)=NN(CCCC(F)(F)F)C2OC21. The Hall–Kier alpha value is -3.10. The van der Waals surface area contributed by atoms with Gasteiger partial charge in [-0.05, 0) is 24.6 Å². The van der Waals surface area contributed by atoms with Crippen molar-refractivity contribution in [3.8, 4) is 0 Å². The van der Waals surface area contributed by atoms with Gasteiger partial charge in [0.2, 0.25) is 5.84 Å². The molecule has 2 unspecified atom stereocenters. The lowest BCUT2D eigenvalue weighted by Crippen LogP contribution is -2.54. The van der Waals surface area contributed by atoms with Gasteiger partial charge in [-0.2, -0.15) is 31.4 Å². The topological polar surface area (TPSA) is 72.0 Å². The first-order chi connectivity index (χ1) is 16.8. The molecule has 0 bridgehead atoms. The van der Waals surface area contributed by atoms with Crippen molar-refractivity contribution in [3.05, 3.63) is 35.1 Å². The number of ether oxygens (including phenoxy) is 1. The Bertz CT molecular complexity index is 1050. The van der Waals surface area contributed by atoms with Crippen LogP contribution in [0.25, 0.3) is 0 Å². The number of hydrogen-bond donors (Lipinski definition) is 0. The summed E-state index contributed by atoms with van der Waals surface area (Å²) < 4.78 is 96.6. The van der Waals surface area contributed by atoms with E-state index >= 15 is 0 Å². The van der Waals surface area contributed by atoms with Crippen molar-refractivity contribution in [2.75, 3.05) is 39.8 Å². The van der Waals surface area contributed by atoms with E-state index in [1.54, 1.807) is 0 Å². The highest BCUT2D eigenvalue weighted by Crippen LogP contribution is 2.34. The second-order valence-electron chi connectivity index (χ2n) is 8.61. The summed E-state index contributed by atoms with van der Waals surface area (Å²) in [5, 5.41) is 5.53. The molecule has 0 aliphatic carbocycles. The van der Waals surface area contributed by atoms with Crippen molar-refractivity contribution in [2.24, 2.45) is 5.10 Å². The van der Waals surface area contributed by atoms with Gasteiger partial charge in [-0.15, -0.1) is 0 Å². The summed E-state index contributed by atoms with van der Waals surface area (Å²) in [6.07, 6.45) is -11.8. The van der Waals surface area contributed by atoms with Crippen molar-refractivity contribution < 1.29 is 45.1 Å². The maximum absolute atomic E-state index is 13.6. The molecular weight excluding hydrogens is 503 g/mol. The molecule has 0 spiro atoms. The number of epoxide rings is 1. The molecule has 1 aromatic rings. The van der Waals surface area contributed by atoms with Crippen LogP contribution in [-0.4, -0.2) is 95.8 Å². The molecule has 0 aromatic heterocycles. The Morgan fingerprint density at radius 1 is 1.08 bits per heavy atom. The molecule has 2 atom stereocenters. The van der Waals surface area contributed by atoms with E-state index in [0.29, 0.717) is 18.2 Å². The molecule has 0 N–H and O–H groups in total. The average Bonchev–Trinajstić information content (AvgIpc) is 3.59. The molecule has 2 amide bonds. The summed E-state index contributed by atoms with van der Waals surface area (Å²) in [7, 11) is 1.46. The average molecular weight is 525 g/mol. The first-order valence-corrected chi connectivity index (χ1v) is 11.0. The third-order valence-electron chi connectivity index (χ3n) is 6.09. The number of carbonyl (C=O) groups excluding carboxylic acids is 2. The largest absolute Gasteiger partial charge is 0.417 e. The Labute approximate surface area is 200 Å². The van der Waals surface area contributed by atoms with Crippen LogP contribution in [0.5, 0.6) is 0 Å². The molecule has 198 valence electrons. The van der Waals surface area contributed by atoms with Crippen molar-refractivity contribution in [3.63, 3.8) is 0 Å². The van der Waals surface area contributed by atoms with Gasteiger partial charge in [-0.25, -0.2) is 4.39 Å². The Kier molecular flexibility index (Phi) is 6.79. The molecule has 0 saturated carbocycles. The van der Waals surface area contributed by atoms with Gasteiger partial charge >= 0.3 is 12.4 Å². The number of amides is 2. The van der Waals surface area contributed by atoms with Gasteiger partial charge in [-0.1, -0.05) is 0 Å². The number of carbonyl (C=O) groups is 2. The van der Waals surface area contributed by atoms with Crippen LogP contribution in [0.3, 0.4) is 0 Å². The van der Waals surface area contributed by atoms with Gasteiger partial charge < -0.3 is 19.4 Å². The van der Waals surface area contributed by atoms with E-state index in [2.05, 4.69) is 5.10 Å². The Morgan fingerprint density at radius 3 is 2.36 bits per heavy atom. The van der Waals surface area contributed by atoms with Gasteiger partial charge in [0, 0.05) is 46.2 Å². The minimum atomic E-state index is -4.86. The molecule has 15 heteroatoms. The maximum atomic E-state index is 13.6. The van der Waals surface area contributed by atoms with Crippen LogP contribution in [0, 0.1) is 5.82 Å². The van der Waals surface area contributed by atoms with E-state index in [-0.39, 0.29) is 45.0 Å². The number of fused-ring (bicyclic) bond motifs is 1. The standard InChI is InChI=1S/C21H22F7N5O3/c1-30-17(35)15(29-33(19-18(30)36-19)6-2-5-20(23,24)25)31-7-9-32(10-8-31)16(34)13-11-12(22)3-4-14(13)21(26,27)28/h3-4,11,18-19H,2,5-10H2,1H3. The molecule has 3 heterocycles. The van der Waals surface area contributed by atoms with Crippen molar-refractivity contribution in [1.82, 2.24) is 19.7 Å². The van der Waals surface area contributed by atoms with Crippen molar-refractivity contribution in [1.29, 1.82) is 0 Å². The van der Waals surface area contributed by atoms with Crippen LogP contribution in [0.2, 0.25) is 0 Å². The van der Waals surface area contributed by atoms with Crippen LogP contribution < -0.4 is 0 Å². The lowest BCUT2D eigenvalue weighted by atomic mass is 10.0. The quantitative estimate of drug-likeness (QED) is 0.447. The van der Waals surface area contributed by atoms with E-state index in [1.807, 2.05) is 0 Å². The fraction of sp³-hybridized carbons (Fsp3) is 0.571. The predicted octanol–water partition coefficient (Wildman–Crippen LogP) is 2.71. The summed E-state index contributed by atoms with van der Waals surface area (Å²) in [6, 6.07) is 1.67. The Morgan fingerprint density at radius 2 is 1.75 bits per heavy atom. The van der Waals surface area contributed by atoms with Gasteiger partial charge in [0.15, 0.2) is 12.5 Å². The number of alkyl halides is 6. The first kappa shape index (κ1) is 26.0. The molecule has 4 rings (SSSR count). The van der Waals surface area contributed by atoms with Crippen LogP contribution in [0.4, 0.5) is 30.7 Å². The number of halogens is 7. The molecule has 3 aliphatic rings. The number of piperazine rings is 1. The summed E-state index contributed by atoms with van der Waals surface area (Å²) in [6.45, 7) is -0.232. The molecule has 2 saturated heterocycles. The van der Waals surface area contributed by atoms with Crippen molar-refractivity contribution in [2.45, 2.75) is 37.7 Å². The smallest absolute Gasteiger partial charge is 0.347 e. The number of benzene rings is 1. The van der Waals surface area contributed by atoms with Crippen LogP contribution in [0.1, 0.15) is 28.8 Å². The first-order valence-electron chi connectivity index (χ1n) is 11.0. The van der Waals surface area contributed by atoms with Gasteiger partial charge in [0.25, 0.3) is 11.8 Å². The Balaban J connectivity index is 1.47. The fourth-order valence-electron chi connectivity index (χ4n) is 4.14. The highest BCUT2D eigenvalue weighted by Gasteiger charge is 2.52. The number of rotatable bonds is 4. The minimum absolute atomic E-state index is 0.0212. The third kappa shape index (κ3) is 5.50. The molecule has 36 heavy (non-hydrogen) atoms. The predicted molar refractivity (Wildman–Crippen MR) is 110 cm³/mol. The maximum Gasteiger partial charge on any atom is 0.417 e. The van der Waals surface area contributed by atoms with E-state index in [1.165, 1.54) is 21.9 Å². The molecule has 3 aliphatic heterocycles. The van der Waals surface area contributed by atoms with Crippen LogP contribution in [-0.2, 0) is 15.7 Å². The second kappa shape index (κ2) is 9.41. The highest BCUT2D eigenvalue weighted by atomic mass is 19.4. The number of nitrogens with zero attached hydrogens (tertiary/aromatic N) is 5. The number of hydrazone groups is 1. The third-order valence-corrected chi connectivity index (χ3v) is 6.09. The fourth-order valence-corrected chi connectivity index (χ4v) is 4.14. The second-order valence-corrected chi connectivity index (χ2v) is 8.61. The zero-order valence-electron chi connectivity index (χ0n) is 18.9. The zero-order valence-corrected chi connectivity index (χ0v) is 18.9. The molecule has 1 aromatic carbocycles. The summed E-state index contributed by atoms with van der Waals surface area (Å²) >= 11 is 0. The molecular formula is C21H22F7N5O3. The lowest BCUT2D eigenvalue weighted by Gasteiger charge is -2.36. The number of amidine groups is 1. The van der Waals surface area contributed by atoms with Gasteiger partial charge in [-0.3, -0.25) is 14.6 Å². The number of hydrogen-bond acceptors (Lipinski definition) is 6. The number of likely N-dealkylation sites (N-methyl/N-ethyl adjacent to an activating group) is 1. The van der Waals surface area contributed by atoms with Gasteiger partial charge in [0.1, 0.15) is 5.82 Å². The van der Waals surface area contributed by atoms with Crippen LogP contribution in [0.15, 0.2) is 23.3 Å². The normalized spacial score (nSPS) is 22.9. The summed E-state index contributed by atoms with van der Waals surface area (Å²) in [5.41, 5.74) is -2.07. The summed E-state index contributed by atoms with van der Waals surface area (Å²) in [4.78, 5) is 29.6.